The van der Waals surface area contributed by atoms with Crippen LogP contribution in [0, 0.1) is 17.3 Å². The number of nitrogens with zero attached hydrogens (tertiary/aromatic N) is 3. The quantitative estimate of drug-likeness (QED) is 0.384. The van der Waals surface area contributed by atoms with E-state index in [0.717, 1.165) is 42.7 Å². The van der Waals surface area contributed by atoms with Crippen molar-refractivity contribution in [1.29, 1.82) is 0 Å². The Morgan fingerprint density at radius 3 is 2.30 bits per heavy atom. The molecule has 0 spiro atoms. The monoisotopic (exact) mass is 642 g/mol. The Balaban J connectivity index is 1.41. The number of aliphatic hydroxyl groups excluding tert-OH is 1. The molecular formula is C37H46N4O6. The SMILES string of the molecule is COC1=C2C(=O)c3c(O)cc(CN4CCC(c5ccccc5)CC4)c(N(C)C)c3C[C@H]2C[C@H]2[C@H](N(C)C)C(=O)C(C(N)=O)=C(O)[C@@]12C. The predicted octanol–water partition coefficient (Wildman–Crippen LogP) is 3.93. The topological polar surface area (TPSA) is 137 Å². The Bertz CT molecular complexity index is 1690. The fraction of sp³-hybridized carbons (Fsp3) is 0.486. The second-order valence-corrected chi connectivity index (χ2v) is 14.2. The molecule has 4 N–H and O–H groups in total. The van der Waals surface area contributed by atoms with Gasteiger partial charge in [0.2, 0.25) is 0 Å². The molecule has 1 heterocycles. The highest BCUT2D eigenvalue weighted by Gasteiger charge is 2.61. The zero-order chi connectivity index (χ0) is 33.9. The highest BCUT2D eigenvalue weighted by Crippen LogP contribution is 2.59. The Labute approximate surface area is 276 Å². The van der Waals surface area contributed by atoms with Crippen LogP contribution in [0.2, 0.25) is 0 Å². The number of hydrogen-bond acceptors (Lipinski definition) is 9. The van der Waals surface area contributed by atoms with Gasteiger partial charge < -0.3 is 25.6 Å². The lowest BCUT2D eigenvalue weighted by Gasteiger charge is -2.52. The van der Waals surface area contributed by atoms with Crippen molar-refractivity contribution < 1.29 is 29.3 Å². The lowest BCUT2D eigenvalue weighted by atomic mass is 9.54. The minimum atomic E-state index is -1.35. The number of ketones is 2. The normalized spacial score (nSPS) is 26.7. The van der Waals surface area contributed by atoms with Crippen molar-refractivity contribution in [3.8, 4) is 5.75 Å². The number of carbonyl (C=O) groups is 3. The van der Waals surface area contributed by atoms with Gasteiger partial charge in [0.25, 0.3) is 5.91 Å². The lowest BCUT2D eigenvalue weighted by molar-refractivity contribution is -0.130. The summed E-state index contributed by atoms with van der Waals surface area (Å²) < 4.78 is 5.95. The summed E-state index contributed by atoms with van der Waals surface area (Å²) in [5, 5.41) is 23.0. The van der Waals surface area contributed by atoms with Crippen LogP contribution in [-0.4, -0.2) is 91.9 Å². The van der Waals surface area contributed by atoms with Gasteiger partial charge >= 0.3 is 0 Å². The molecule has 1 amide bonds. The lowest BCUT2D eigenvalue weighted by Crippen LogP contribution is -2.58. The summed E-state index contributed by atoms with van der Waals surface area (Å²) in [5.41, 5.74) is 8.43. The number of carbonyl (C=O) groups excluding carboxylic acids is 3. The fourth-order valence-corrected chi connectivity index (χ4v) is 9.03. The Hall–Kier alpha value is -4.15. The van der Waals surface area contributed by atoms with Crippen LogP contribution in [-0.2, 0) is 27.3 Å². The Morgan fingerprint density at radius 2 is 1.72 bits per heavy atom. The molecular weight excluding hydrogens is 596 g/mol. The number of primary amides is 1. The summed E-state index contributed by atoms with van der Waals surface area (Å²) in [6.07, 6.45) is 2.94. The number of likely N-dealkylation sites (N-methyl/N-ethyl adjacent to an activating group) is 1. The first-order valence-corrected chi connectivity index (χ1v) is 16.4. The van der Waals surface area contributed by atoms with Crippen molar-refractivity contribution >= 4 is 23.2 Å². The minimum absolute atomic E-state index is 0.0824. The molecule has 0 saturated carbocycles. The van der Waals surface area contributed by atoms with Gasteiger partial charge in [0, 0.05) is 37.8 Å². The second kappa shape index (κ2) is 12.1. The van der Waals surface area contributed by atoms with Crippen molar-refractivity contribution in [2.45, 2.75) is 51.1 Å². The number of phenolic OH excluding ortho intramolecular Hbond substituents is 1. The van der Waals surface area contributed by atoms with Crippen molar-refractivity contribution in [2.24, 2.45) is 23.0 Å². The molecule has 47 heavy (non-hydrogen) atoms. The number of hydrogen-bond donors (Lipinski definition) is 3. The maximum absolute atomic E-state index is 14.5. The Morgan fingerprint density at radius 1 is 1.06 bits per heavy atom. The average molecular weight is 643 g/mol. The number of anilines is 1. The molecule has 2 aromatic rings. The summed E-state index contributed by atoms with van der Waals surface area (Å²) >= 11 is 0. The van der Waals surface area contributed by atoms with Crippen LogP contribution in [0.4, 0.5) is 5.69 Å². The third kappa shape index (κ3) is 5.13. The molecule has 1 aliphatic heterocycles. The van der Waals surface area contributed by atoms with E-state index in [9.17, 15) is 24.6 Å². The molecule has 6 rings (SSSR count). The van der Waals surface area contributed by atoms with E-state index in [1.807, 2.05) is 25.1 Å². The van der Waals surface area contributed by atoms with Crippen LogP contribution in [0.25, 0.3) is 0 Å². The van der Waals surface area contributed by atoms with Crippen LogP contribution < -0.4 is 10.6 Å². The summed E-state index contributed by atoms with van der Waals surface area (Å²) in [6.45, 7) is 4.22. The van der Waals surface area contributed by atoms with E-state index in [4.69, 9.17) is 10.5 Å². The third-order valence-corrected chi connectivity index (χ3v) is 11.1. The number of piperidine rings is 1. The van der Waals surface area contributed by atoms with Crippen LogP contribution in [0.15, 0.2) is 59.1 Å². The molecule has 0 radical (unpaired) electrons. The number of rotatable bonds is 7. The van der Waals surface area contributed by atoms with E-state index in [2.05, 4.69) is 29.2 Å². The van der Waals surface area contributed by atoms with Gasteiger partial charge in [-0.05, 0) is 94.4 Å². The van der Waals surface area contributed by atoms with Gasteiger partial charge in [-0.1, -0.05) is 30.3 Å². The van der Waals surface area contributed by atoms with Gasteiger partial charge in [0.05, 0.1) is 24.1 Å². The van der Waals surface area contributed by atoms with Gasteiger partial charge in [0.1, 0.15) is 22.8 Å². The summed E-state index contributed by atoms with van der Waals surface area (Å²) in [5.74, 6) is -2.58. The number of aromatic hydroxyl groups is 1. The molecule has 3 aliphatic carbocycles. The van der Waals surface area contributed by atoms with Gasteiger partial charge in [-0.3, -0.25) is 24.2 Å². The molecule has 1 fully saturated rings. The average Bonchev–Trinajstić information content (AvgIpc) is 3.01. The van der Waals surface area contributed by atoms with E-state index in [-0.39, 0.29) is 28.8 Å². The van der Waals surface area contributed by atoms with Gasteiger partial charge in [-0.25, -0.2) is 0 Å². The van der Waals surface area contributed by atoms with E-state index in [1.54, 1.807) is 32.0 Å². The van der Waals surface area contributed by atoms with Crippen molar-refractivity contribution in [2.75, 3.05) is 53.3 Å². The number of methoxy groups -OCH3 is 1. The highest BCUT2D eigenvalue weighted by atomic mass is 16.5. The first-order valence-electron chi connectivity index (χ1n) is 16.4. The Kier molecular flexibility index (Phi) is 8.47. The number of ether oxygens (including phenoxy) is 1. The molecule has 10 nitrogen and oxygen atoms in total. The smallest absolute Gasteiger partial charge is 0.255 e. The highest BCUT2D eigenvalue weighted by molar-refractivity contribution is 6.22. The van der Waals surface area contributed by atoms with Gasteiger partial charge in [-0.15, -0.1) is 0 Å². The number of Topliss-reactive ketones (excluding diaryl/α,β-unsaturated/α-hetero) is 2. The number of nitrogens with two attached hydrogens (primary N) is 1. The molecule has 2 aromatic carbocycles. The van der Waals surface area contributed by atoms with Crippen LogP contribution >= 0.6 is 0 Å². The molecule has 1 saturated heterocycles. The molecule has 4 atom stereocenters. The molecule has 0 unspecified atom stereocenters. The van der Waals surface area contributed by atoms with E-state index >= 15 is 0 Å². The summed E-state index contributed by atoms with van der Waals surface area (Å²) in [4.78, 5) is 46.8. The molecule has 250 valence electrons. The number of phenols is 1. The minimum Gasteiger partial charge on any atom is -0.510 e. The van der Waals surface area contributed by atoms with E-state index < -0.39 is 40.4 Å². The van der Waals surface area contributed by atoms with Crippen molar-refractivity contribution in [3.05, 3.63) is 81.3 Å². The zero-order valence-corrected chi connectivity index (χ0v) is 28.2. The summed E-state index contributed by atoms with van der Waals surface area (Å²) in [7, 11) is 8.87. The number of allylic oxidation sites excluding steroid dienone is 1. The maximum atomic E-state index is 14.5. The fourth-order valence-electron chi connectivity index (χ4n) is 9.03. The van der Waals surface area contributed by atoms with Crippen LogP contribution in [0.3, 0.4) is 0 Å². The predicted molar refractivity (Wildman–Crippen MR) is 179 cm³/mol. The first kappa shape index (κ1) is 32.8. The van der Waals surface area contributed by atoms with Crippen LogP contribution in [0.5, 0.6) is 5.75 Å². The van der Waals surface area contributed by atoms with Gasteiger partial charge in [0.15, 0.2) is 11.6 Å². The molecule has 0 aromatic heterocycles. The van der Waals surface area contributed by atoms with Crippen molar-refractivity contribution in [1.82, 2.24) is 9.80 Å². The molecule has 10 heteroatoms. The number of aliphatic hydroxyl groups is 1. The number of likely N-dealkylation sites (tertiary alicyclic amines) is 1. The van der Waals surface area contributed by atoms with E-state index in [1.165, 1.54) is 12.7 Å². The number of benzene rings is 2. The second-order valence-electron chi connectivity index (χ2n) is 14.2. The largest absolute Gasteiger partial charge is 0.510 e. The number of fused-ring (bicyclic) bond motifs is 3. The molecule has 0 bridgehead atoms. The van der Waals surface area contributed by atoms with Crippen LogP contribution in [0.1, 0.15) is 59.2 Å². The number of amides is 1. The zero-order valence-electron chi connectivity index (χ0n) is 28.2. The summed E-state index contributed by atoms with van der Waals surface area (Å²) in [6, 6.07) is 11.6. The van der Waals surface area contributed by atoms with Gasteiger partial charge in [-0.2, -0.15) is 0 Å². The standard InChI is InChI=1S/C37H46N4O6/c1-37-25(31(40(4)5)33(44)29(34(37)45)36(38)46)17-22-16-24-28(32(43)27(22)35(37)47-6)26(42)18-23(30(24)39(2)3)19-41-14-12-21(13-15-41)20-10-8-7-9-11-20/h7-11,18,21-22,25,31,42,45H,12-17,19H2,1-6H3,(H2,38,46)/t22-,25-,31-,37-/m0/s1. The molecule has 4 aliphatic rings. The maximum Gasteiger partial charge on any atom is 0.255 e. The first-order chi connectivity index (χ1) is 22.3. The third-order valence-electron chi connectivity index (χ3n) is 11.1. The van der Waals surface area contributed by atoms with E-state index in [0.29, 0.717) is 30.9 Å². The van der Waals surface area contributed by atoms with Crippen molar-refractivity contribution in [3.63, 3.8) is 0 Å².